The van der Waals surface area contributed by atoms with E-state index in [1.807, 2.05) is 25.1 Å². The average molecular weight is 309 g/mol. The maximum Gasteiger partial charge on any atom is 0.257 e. The van der Waals surface area contributed by atoms with E-state index in [0.717, 1.165) is 11.1 Å². The highest BCUT2D eigenvalue weighted by molar-refractivity contribution is 7.90. The van der Waals surface area contributed by atoms with E-state index in [9.17, 15) is 13.2 Å². The molecule has 21 heavy (non-hydrogen) atoms. The molecular formula is C13H15N3O4S. The van der Waals surface area contributed by atoms with Gasteiger partial charge in [-0.1, -0.05) is 22.9 Å². The van der Waals surface area contributed by atoms with E-state index in [-0.39, 0.29) is 29.6 Å². The van der Waals surface area contributed by atoms with Crippen molar-refractivity contribution in [3.63, 3.8) is 0 Å². The molecule has 0 saturated carbocycles. The Hall–Kier alpha value is -2.22. The molecule has 8 heteroatoms. The van der Waals surface area contributed by atoms with Crippen molar-refractivity contribution in [2.45, 2.75) is 19.1 Å². The van der Waals surface area contributed by atoms with Crippen LogP contribution >= 0.6 is 0 Å². The lowest BCUT2D eigenvalue weighted by Gasteiger charge is -1.98. The van der Waals surface area contributed by atoms with Crippen molar-refractivity contribution in [2.24, 2.45) is 5.73 Å². The van der Waals surface area contributed by atoms with E-state index in [2.05, 4.69) is 10.1 Å². The third-order valence-corrected chi connectivity index (χ3v) is 4.27. The topological polar surface area (TPSA) is 116 Å². The smallest absolute Gasteiger partial charge is 0.257 e. The highest BCUT2D eigenvalue weighted by atomic mass is 32.2. The molecule has 2 rings (SSSR count). The number of amides is 1. The van der Waals surface area contributed by atoms with Crippen LogP contribution < -0.4 is 5.73 Å². The first-order chi connectivity index (χ1) is 9.85. The largest absolute Gasteiger partial charge is 0.370 e. The number of hydrogen-bond donors (Lipinski definition) is 1. The number of benzene rings is 1. The van der Waals surface area contributed by atoms with Gasteiger partial charge in [0.15, 0.2) is 15.7 Å². The molecule has 7 nitrogen and oxygen atoms in total. The minimum atomic E-state index is -3.49. The van der Waals surface area contributed by atoms with Crippen LogP contribution in [0.15, 0.2) is 28.8 Å². The number of primary amides is 1. The van der Waals surface area contributed by atoms with Crippen LogP contribution in [0.3, 0.4) is 0 Å². The third kappa shape index (κ3) is 4.38. The first-order valence-electron chi connectivity index (χ1n) is 6.24. The van der Waals surface area contributed by atoms with Crippen molar-refractivity contribution in [3.05, 3.63) is 35.7 Å². The monoisotopic (exact) mass is 309 g/mol. The maximum atomic E-state index is 11.8. The third-order valence-electron chi connectivity index (χ3n) is 2.74. The number of aromatic nitrogens is 2. The molecule has 0 aliphatic heterocycles. The van der Waals surface area contributed by atoms with Crippen molar-refractivity contribution in [1.29, 1.82) is 0 Å². The molecule has 0 spiro atoms. The second-order valence-electron chi connectivity index (χ2n) is 4.69. The standard InChI is InChI=1S/C13H15N3O4S/c1-9-3-2-4-10(7-9)13-15-12(16-20-13)8-21(18,19)6-5-11(14)17/h2-4,7H,5-6,8H2,1H3,(H2,14,17). The summed E-state index contributed by atoms with van der Waals surface area (Å²) in [5.41, 5.74) is 6.69. The summed E-state index contributed by atoms with van der Waals surface area (Å²) in [4.78, 5) is 14.7. The zero-order valence-corrected chi connectivity index (χ0v) is 12.3. The van der Waals surface area contributed by atoms with Crippen molar-refractivity contribution >= 4 is 15.7 Å². The van der Waals surface area contributed by atoms with E-state index >= 15 is 0 Å². The van der Waals surface area contributed by atoms with E-state index < -0.39 is 15.7 Å². The first-order valence-corrected chi connectivity index (χ1v) is 8.06. The van der Waals surface area contributed by atoms with Crippen molar-refractivity contribution < 1.29 is 17.7 Å². The fraction of sp³-hybridized carbons (Fsp3) is 0.308. The number of sulfone groups is 1. The van der Waals surface area contributed by atoms with Gasteiger partial charge in [-0.25, -0.2) is 8.42 Å². The Morgan fingerprint density at radius 1 is 1.38 bits per heavy atom. The zero-order chi connectivity index (χ0) is 15.5. The molecule has 1 aromatic carbocycles. The van der Waals surface area contributed by atoms with E-state index in [0.29, 0.717) is 0 Å². The maximum absolute atomic E-state index is 11.8. The summed E-state index contributed by atoms with van der Waals surface area (Å²) in [6.45, 7) is 1.93. The van der Waals surface area contributed by atoms with Gasteiger partial charge in [-0.05, 0) is 19.1 Å². The van der Waals surface area contributed by atoms with Crippen LogP contribution in [0.25, 0.3) is 11.5 Å². The molecule has 1 heterocycles. The molecule has 0 bridgehead atoms. The van der Waals surface area contributed by atoms with Gasteiger partial charge in [0.25, 0.3) is 5.89 Å². The lowest BCUT2D eigenvalue weighted by Crippen LogP contribution is -2.18. The number of carbonyl (C=O) groups is 1. The highest BCUT2D eigenvalue weighted by Gasteiger charge is 2.18. The highest BCUT2D eigenvalue weighted by Crippen LogP contribution is 2.18. The molecule has 0 radical (unpaired) electrons. The van der Waals surface area contributed by atoms with Gasteiger partial charge in [0.1, 0.15) is 5.75 Å². The summed E-state index contributed by atoms with van der Waals surface area (Å²) < 4.78 is 28.6. The van der Waals surface area contributed by atoms with Crippen LogP contribution in [0, 0.1) is 6.92 Å². The minimum absolute atomic E-state index is 0.0657. The summed E-state index contributed by atoms with van der Waals surface area (Å²) in [6.07, 6.45) is -0.217. The summed E-state index contributed by atoms with van der Waals surface area (Å²) in [5.74, 6) is -1.03. The van der Waals surface area contributed by atoms with Crippen LogP contribution in [0.1, 0.15) is 17.8 Å². The number of nitrogens with two attached hydrogens (primary N) is 1. The van der Waals surface area contributed by atoms with E-state index in [4.69, 9.17) is 10.3 Å². The fourth-order valence-electron chi connectivity index (χ4n) is 1.73. The molecule has 0 saturated heterocycles. The Labute approximate surface area is 122 Å². The Kier molecular flexibility index (Phi) is 4.37. The van der Waals surface area contributed by atoms with Crippen LogP contribution in [0.5, 0.6) is 0 Å². The van der Waals surface area contributed by atoms with Gasteiger partial charge >= 0.3 is 0 Å². The first kappa shape index (κ1) is 15.2. The van der Waals surface area contributed by atoms with Gasteiger partial charge in [0, 0.05) is 12.0 Å². The van der Waals surface area contributed by atoms with Crippen molar-refractivity contribution in [3.8, 4) is 11.5 Å². The molecule has 1 amide bonds. The SMILES string of the molecule is Cc1cccc(-c2nc(CS(=O)(=O)CCC(N)=O)no2)c1. The molecule has 0 aliphatic carbocycles. The number of aryl methyl sites for hydroxylation is 1. The van der Waals surface area contributed by atoms with Crippen molar-refractivity contribution in [1.82, 2.24) is 10.1 Å². The predicted octanol–water partition coefficient (Wildman–Crippen LogP) is 0.835. The van der Waals surface area contributed by atoms with Gasteiger partial charge in [0.2, 0.25) is 5.91 Å². The van der Waals surface area contributed by atoms with Crippen LogP contribution in [0.2, 0.25) is 0 Å². The fourth-order valence-corrected chi connectivity index (χ4v) is 2.90. The summed E-state index contributed by atoms with van der Waals surface area (Å²) in [6, 6.07) is 7.43. The number of carbonyl (C=O) groups excluding carboxylic acids is 1. The number of rotatable bonds is 6. The van der Waals surface area contributed by atoms with E-state index in [1.165, 1.54) is 0 Å². The Morgan fingerprint density at radius 3 is 2.81 bits per heavy atom. The second-order valence-corrected chi connectivity index (χ2v) is 6.88. The normalized spacial score (nSPS) is 11.5. The Morgan fingerprint density at radius 2 is 2.14 bits per heavy atom. The van der Waals surface area contributed by atoms with Crippen LogP contribution in [-0.4, -0.2) is 30.2 Å². The molecular weight excluding hydrogens is 294 g/mol. The van der Waals surface area contributed by atoms with E-state index in [1.54, 1.807) is 6.07 Å². The molecule has 0 aliphatic rings. The van der Waals surface area contributed by atoms with Gasteiger partial charge in [0.05, 0.1) is 5.75 Å². The van der Waals surface area contributed by atoms with Gasteiger partial charge in [-0.2, -0.15) is 4.98 Å². The number of nitrogens with zero attached hydrogens (tertiary/aromatic N) is 2. The molecule has 112 valence electrons. The Bertz CT molecular complexity index is 752. The lowest BCUT2D eigenvalue weighted by molar-refractivity contribution is -0.117. The molecule has 0 unspecified atom stereocenters. The number of hydrogen-bond acceptors (Lipinski definition) is 6. The molecule has 0 fully saturated rings. The molecule has 1 aromatic heterocycles. The quantitative estimate of drug-likeness (QED) is 0.845. The molecule has 2 N–H and O–H groups in total. The van der Waals surface area contributed by atoms with Gasteiger partial charge in [-0.15, -0.1) is 0 Å². The predicted molar refractivity (Wildman–Crippen MR) is 75.8 cm³/mol. The molecule has 2 aromatic rings. The van der Waals surface area contributed by atoms with Crippen molar-refractivity contribution in [2.75, 3.05) is 5.75 Å². The minimum Gasteiger partial charge on any atom is -0.370 e. The average Bonchev–Trinajstić information content (AvgIpc) is 2.84. The molecule has 0 atom stereocenters. The zero-order valence-electron chi connectivity index (χ0n) is 11.4. The van der Waals surface area contributed by atoms with Crippen LogP contribution in [0.4, 0.5) is 0 Å². The van der Waals surface area contributed by atoms with Gasteiger partial charge < -0.3 is 10.3 Å². The second kappa shape index (κ2) is 6.04. The summed E-state index contributed by atoms with van der Waals surface area (Å²) in [7, 11) is -3.49. The summed E-state index contributed by atoms with van der Waals surface area (Å²) >= 11 is 0. The van der Waals surface area contributed by atoms with Gasteiger partial charge in [-0.3, -0.25) is 4.79 Å². The van der Waals surface area contributed by atoms with Crippen LogP contribution in [-0.2, 0) is 20.4 Å². The summed E-state index contributed by atoms with van der Waals surface area (Å²) in [5, 5.41) is 3.65. The lowest BCUT2D eigenvalue weighted by atomic mass is 10.1. The Balaban J connectivity index is 2.12.